The highest BCUT2D eigenvalue weighted by atomic mass is 16.1. The van der Waals surface area contributed by atoms with Crippen LogP contribution in [0.2, 0.25) is 0 Å². The summed E-state index contributed by atoms with van der Waals surface area (Å²) in [7, 11) is 0. The molecule has 4 nitrogen and oxygen atoms in total. The Morgan fingerprint density at radius 2 is 1.36 bits per heavy atom. The Morgan fingerprint density at radius 3 is 2.22 bits per heavy atom. The third kappa shape index (κ3) is 4.06. The Balaban J connectivity index is 1.32. The SMILES string of the molecule is O=c1c2nc3ccccc3n2c2ccc(-c3ccccc3)cc2n1-c1ccc2c(c1)-c1ccccc1C(c1ccccc1)CC2. The molecule has 0 aliphatic heterocycles. The first-order valence-corrected chi connectivity index (χ1v) is 15.5. The van der Waals surface area contributed by atoms with Crippen molar-refractivity contribution in [2.24, 2.45) is 0 Å². The quantitative estimate of drug-likeness (QED) is 0.209. The molecule has 1 atom stereocenters. The summed E-state index contributed by atoms with van der Waals surface area (Å²) in [6, 6.07) is 50.9. The predicted molar refractivity (Wildman–Crippen MR) is 183 cm³/mol. The molecule has 0 saturated carbocycles. The summed E-state index contributed by atoms with van der Waals surface area (Å²) in [5.74, 6) is 0.309. The fourth-order valence-electron chi connectivity index (χ4n) is 7.29. The summed E-state index contributed by atoms with van der Waals surface area (Å²) in [5, 5.41) is 0. The van der Waals surface area contributed by atoms with Crippen molar-refractivity contribution in [2.45, 2.75) is 18.8 Å². The van der Waals surface area contributed by atoms with Crippen molar-refractivity contribution in [2.75, 3.05) is 0 Å². The smallest absolute Gasteiger partial charge is 0.286 e. The van der Waals surface area contributed by atoms with Crippen molar-refractivity contribution >= 4 is 27.7 Å². The molecule has 0 saturated heterocycles. The van der Waals surface area contributed by atoms with E-state index >= 15 is 0 Å². The van der Waals surface area contributed by atoms with Crippen molar-refractivity contribution in [3.05, 3.63) is 173 Å². The molecule has 9 rings (SSSR count). The summed E-state index contributed by atoms with van der Waals surface area (Å²) in [4.78, 5) is 19.4. The lowest BCUT2D eigenvalue weighted by Crippen LogP contribution is -2.22. The standard InChI is InChI=1S/C41H29N3O/c45-41-40-42-36-17-9-10-18-37(36)44(40)38-24-21-30(27-11-3-1-4-12-27)25-39(38)43(41)31-22-19-29-20-23-32(28-13-5-2-6-14-28)33-15-7-8-16-34(33)35(29)26-31/h1-19,21-22,24-26,32H,20,23H2. The van der Waals surface area contributed by atoms with Gasteiger partial charge >= 0.3 is 0 Å². The Hall–Kier alpha value is -5.74. The van der Waals surface area contributed by atoms with Gasteiger partial charge in [-0.1, -0.05) is 109 Å². The van der Waals surface area contributed by atoms with Gasteiger partial charge in [0.05, 0.1) is 27.8 Å². The van der Waals surface area contributed by atoms with Gasteiger partial charge in [0.25, 0.3) is 5.56 Å². The molecule has 1 aliphatic carbocycles. The van der Waals surface area contributed by atoms with E-state index in [9.17, 15) is 4.79 Å². The molecule has 214 valence electrons. The Kier molecular flexibility index (Phi) is 5.82. The largest absolute Gasteiger partial charge is 0.299 e. The number of rotatable bonds is 3. The number of para-hydroxylation sites is 2. The molecule has 2 heterocycles. The maximum absolute atomic E-state index is 14.6. The molecule has 2 aromatic heterocycles. The van der Waals surface area contributed by atoms with Crippen LogP contribution < -0.4 is 5.56 Å². The molecule has 0 amide bonds. The van der Waals surface area contributed by atoms with Crippen LogP contribution in [-0.4, -0.2) is 14.0 Å². The van der Waals surface area contributed by atoms with Crippen LogP contribution in [0.25, 0.3) is 55.7 Å². The van der Waals surface area contributed by atoms with Gasteiger partial charge in [0.1, 0.15) is 0 Å². The van der Waals surface area contributed by atoms with E-state index < -0.39 is 0 Å². The average molecular weight is 580 g/mol. The lowest BCUT2D eigenvalue weighted by atomic mass is 9.86. The highest BCUT2D eigenvalue weighted by molar-refractivity contribution is 5.92. The normalized spacial score (nSPS) is 14.4. The Labute approximate surface area is 260 Å². The second kappa shape index (κ2) is 10.2. The molecule has 0 radical (unpaired) electrons. The number of hydrogen-bond donors (Lipinski definition) is 0. The van der Waals surface area contributed by atoms with E-state index in [1.54, 1.807) is 0 Å². The summed E-state index contributed by atoms with van der Waals surface area (Å²) in [5.41, 5.74) is 13.2. The number of fused-ring (bicyclic) bond motifs is 8. The maximum Gasteiger partial charge on any atom is 0.299 e. The zero-order valence-corrected chi connectivity index (χ0v) is 24.6. The first kappa shape index (κ1) is 25.7. The average Bonchev–Trinajstić information content (AvgIpc) is 3.42. The van der Waals surface area contributed by atoms with E-state index in [1.807, 2.05) is 51.4 Å². The molecule has 1 unspecified atom stereocenters. The van der Waals surface area contributed by atoms with Crippen molar-refractivity contribution in [1.29, 1.82) is 0 Å². The van der Waals surface area contributed by atoms with Crippen LogP contribution in [0.1, 0.15) is 29.0 Å². The summed E-state index contributed by atoms with van der Waals surface area (Å²) in [6.45, 7) is 0. The zero-order valence-electron chi connectivity index (χ0n) is 24.6. The molecule has 0 fully saturated rings. The highest BCUT2D eigenvalue weighted by Crippen LogP contribution is 2.42. The minimum atomic E-state index is -0.132. The van der Waals surface area contributed by atoms with E-state index in [-0.39, 0.29) is 5.56 Å². The summed E-state index contributed by atoms with van der Waals surface area (Å²) < 4.78 is 3.88. The molecule has 45 heavy (non-hydrogen) atoms. The van der Waals surface area contributed by atoms with Crippen molar-refractivity contribution in [3.63, 3.8) is 0 Å². The third-order valence-electron chi connectivity index (χ3n) is 9.40. The number of benzene rings is 6. The highest BCUT2D eigenvalue weighted by Gasteiger charge is 2.25. The molecule has 0 N–H and O–H groups in total. The Bertz CT molecular complexity index is 2460. The monoisotopic (exact) mass is 579 g/mol. The van der Waals surface area contributed by atoms with Gasteiger partial charge in [-0.3, -0.25) is 13.8 Å². The van der Waals surface area contributed by atoms with Gasteiger partial charge in [0.2, 0.25) is 5.65 Å². The maximum atomic E-state index is 14.6. The van der Waals surface area contributed by atoms with Crippen molar-refractivity contribution < 1.29 is 0 Å². The second-order valence-electron chi connectivity index (χ2n) is 11.9. The van der Waals surface area contributed by atoms with E-state index in [0.717, 1.165) is 51.7 Å². The summed E-state index contributed by atoms with van der Waals surface area (Å²) in [6.07, 6.45) is 1.99. The topological polar surface area (TPSA) is 39.3 Å². The molecule has 1 aliphatic rings. The first-order valence-electron chi connectivity index (χ1n) is 15.5. The fraction of sp³-hybridized carbons (Fsp3) is 0.0732. The van der Waals surface area contributed by atoms with E-state index in [4.69, 9.17) is 4.98 Å². The van der Waals surface area contributed by atoms with Gasteiger partial charge in [0.15, 0.2) is 0 Å². The van der Waals surface area contributed by atoms with Crippen LogP contribution in [0.4, 0.5) is 0 Å². The molecule has 4 heteroatoms. The first-order chi connectivity index (χ1) is 22.2. The van der Waals surface area contributed by atoms with E-state index in [2.05, 4.69) is 103 Å². The van der Waals surface area contributed by atoms with E-state index in [0.29, 0.717) is 11.6 Å². The van der Waals surface area contributed by atoms with Gasteiger partial charge in [0, 0.05) is 5.92 Å². The van der Waals surface area contributed by atoms with Crippen molar-refractivity contribution in [3.8, 4) is 27.9 Å². The molecule has 0 spiro atoms. The van der Waals surface area contributed by atoms with E-state index in [1.165, 1.54) is 27.8 Å². The number of imidazole rings is 1. The third-order valence-corrected chi connectivity index (χ3v) is 9.40. The van der Waals surface area contributed by atoms with Crippen LogP contribution in [-0.2, 0) is 6.42 Å². The molecular weight excluding hydrogens is 550 g/mol. The van der Waals surface area contributed by atoms with Gasteiger partial charge in [-0.05, 0) is 88.2 Å². The van der Waals surface area contributed by atoms with Crippen LogP contribution in [0.15, 0.2) is 150 Å². The molecular formula is C41H29N3O. The lowest BCUT2D eigenvalue weighted by molar-refractivity contribution is 0.726. The molecule has 0 bridgehead atoms. The number of hydrogen-bond acceptors (Lipinski definition) is 2. The minimum Gasteiger partial charge on any atom is -0.286 e. The second-order valence-corrected chi connectivity index (χ2v) is 11.9. The van der Waals surface area contributed by atoms with Gasteiger partial charge < -0.3 is 0 Å². The van der Waals surface area contributed by atoms with Crippen LogP contribution in [0.3, 0.4) is 0 Å². The zero-order chi connectivity index (χ0) is 29.9. The number of aryl methyl sites for hydroxylation is 1. The predicted octanol–water partition coefficient (Wildman–Crippen LogP) is 9.20. The van der Waals surface area contributed by atoms with Gasteiger partial charge in [-0.2, -0.15) is 0 Å². The Morgan fingerprint density at radius 1 is 0.600 bits per heavy atom. The molecule has 8 aromatic rings. The number of nitrogens with zero attached hydrogens (tertiary/aromatic N) is 3. The molecule has 6 aromatic carbocycles. The lowest BCUT2D eigenvalue weighted by Gasteiger charge is -2.19. The van der Waals surface area contributed by atoms with Crippen LogP contribution in [0, 0.1) is 0 Å². The minimum absolute atomic E-state index is 0.132. The van der Waals surface area contributed by atoms with Gasteiger partial charge in [-0.25, -0.2) is 4.98 Å². The number of aromatic nitrogens is 3. The summed E-state index contributed by atoms with van der Waals surface area (Å²) >= 11 is 0. The van der Waals surface area contributed by atoms with Crippen LogP contribution >= 0.6 is 0 Å². The van der Waals surface area contributed by atoms with Crippen LogP contribution in [0.5, 0.6) is 0 Å². The van der Waals surface area contributed by atoms with Crippen molar-refractivity contribution in [1.82, 2.24) is 14.0 Å². The van der Waals surface area contributed by atoms with Gasteiger partial charge in [-0.15, -0.1) is 0 Å². The fourth-order valence-corrected chi connectivity index (χ4v) is 7.29.